The maximum Gasteiger partial charge on any atom is 0.276 e. The molecule has 1 amide bonds. The molecule has 1 aliphatic carbocycles. The number of likely N-dealkylation sites (tertiary alicyclic amines) is 1. The van der Waals surface area contributed by atoms with Crippen molar-refractivity contribution in [2.24, 2.45) is 11.8 Å². The Morgan fingerprint density at radius 2 is 2.23 bits per heavy atom. The summed E-state index contributed by atoms with van der Waals surface area (Å²) in [5, 5.41) is 7.36. The van der Waals surface area contributed by atoms with Gasteiger partial charge in [-0.2, -0.15) is 0 Å². The fourth-order valence-electron chi connectivity index (χ4n) is 3.99. The number of fused-ring (bicyclic) bond motifs is 1. The van der Waals surface area contributed by atoms with E-state index in [1.807, 2.05) is 29.2 Å². The summed E-state index contributed by atoms with van der Waals surface area (Å²) in [4.78, 5) is 18.9. The van der Waals surface area contributed by atoms with E-state index >= 15 is 0 Å². The molecule has 7 nitrogen and oxygen atoms in total. The van der Waals surface area contributed by atoms with Crippen LogP contribution < -0.4 is 5.32 Å². The van der Waals surface area contributed by atoms with Gasteiger partial charge in [0.25, 0.3) is 5.91 Å². The normalized spacial score (nSPS) is 27.5. The quantitative estimate of drug-likeness (QED) is 0.886. The third-order valence-electron chi connectivity index (χ3n) is 5.66. The summed E-state index contributed by atoms with van der Waals surface area (Å²) in [6, 6.07) is 7.64. The van der Waals surface area contributed by atoms with Gasteiger partial charge in [0.15, 0.2) is 5.69 Å². The second kappa shape index (κ2) is 6.39. The van der Waals surface area contributed by atoms with Crippen LogP contribution in [0.4, 0.5) is 5.82 Å². The number of carbonyl (C=O) groups is 1. The molecule has 2 aliphatic heterocycles. The van der Waals surface area contributed by atoms with Gasteiger partial charge in [0, 0.05) is 49.7 Å². The van der Waals surface area contributed by atoms with Crippen molar-refractivity contribution in [2.45, 2.75) is 24.9 Å². The Bertz CT molecular complexity index is 789. The number of amides is 1. The van der Waals surface area contributed by atoms with Gasteiger partial charge in [0.05, 0.1) is 12.7 Å². The first kappa shape index (κ1) is 15.8. The summed E-state index contributed by atoms with van der Waals surface area (Å²) < 4.78 is 11.3. The zero-order valence-electron chi connectivity index (χ0n) is 14.5. The monoisotopic (exact) mass is 354 g/mol. The third kappa shape index (κ3) is 2.96. The molecule has 1 N–H and O–H groups in total. The molecule has 1 saturated carbocycles. The minimum absolute atomic E-state index is 0.0462. The minimum Gasteiger partial charge on any atom is -0.376 e. The van der Waals surface area contributed by atoms with Crippen LogP contribution in [0, 0.1) is 11.8 Å². The first-order valence-electron chi connectivity index (χ1n) is 9.30. The lowest BCUT2D eigenvalue weighted by atomic mass is 9.93. The van der Waals surface area contributed by atoms with E-state index in [9.17, 15) is 4.79 Å². The lowest BCUT2D eigenvalue weighted by Gasteiger charge is -2.19. The molecular formula is C19H22N4O3. The van der Waals surface area contributed by atoms with Gasteiger partial charge in [0.1, 0.15) is 11.6 Å². The fraction of sp³-hybridized carbons (Fsp3) is 0.526. The van der Waals surface area contributed by atoms with Gasteiger partial charge in [-0.3, -0.25) is 4.79 Å². The van der Waals surface area contributed by atoms with Crippen LogP contribution in [0.5, 0.6) is 0 Å². The van der Waals surface area contributed by atoms with E-state index in [0.29, 0.717) is 36.5 Å². The fourth-order valence-corrected chi connectivity index (χ4v) is 3.99. The second-order valence-corrected chi connectivity index (χ2v) is 7.49. The molecule has 4 heterocycles. The number of pyridine rings is 1. The molecule has 0 bridgehead atoms. The summed E-state index contributed by atoms with van der Waals surface area (Å²) in [6.07, 6.45) is 4.16. The van der Waals surface area contributed by atoms with E-state index in [0.717, 1.165) is 37.6 Å². The van der Waals surface area contributed by atoms with Crippen molar-refractivity contribution in [2.75, 3.05) is 31.6 Å². The number of aromatic nitrogens is 2. The number of anilines is 1. The first-order chi connectivity index (χ1) is 12.8. The van der Waals surface area contributed by atoms with Gasteiger partial charge in [0.2, 0.25) is 0 Å². The molecule has 3 fully saturated rings. The number of rotatable bonds is 5. The first-order valence-corrected chi connectivity index (χ1v) is 9.30. The highest BCUT2D eigenvalue weighted by Gasteiger charge is 2.45. The predicted octanol–water partition coefficient (Wildman–Crippen LogP) is 2.15. The van der Waals surface area contributed by atoms with Crippen molar-refractivity contribution in [1.82, 2.24) is 15.0 Å². The Morgan fingerprint density at radius 1 is 1.31 bits per heavy atom. The molecule has 2 aromatic rings. The van der Waals surface area contributed by atoms with Gasteiger partial charge >= 0.3 is 0 Å². The van der Waals surface area contributed by atoms with E-state index in [1.165, 1.54) is 0 Å². The largest absolute Gasteiger partial charge is 0.376 e. The molecule has 3 atom stereocenters. The Morgan fingerprint density at radius 3 is 3.04 bits per heavy atom. The number of ether oxygens (including phenoxy) is 1. The van der Waals surface area contributed by atoms with Crippen LogP contribution in [0.2, 0.25) is 0 Å². The summed E-state index contributed by atoms with van der Waals surface area (Å²) in [5.41, 5.74) is 0.426. The Hall–Kier alpha value is -2.41. The molecule has 0 spiro atoms. The molecule has 3 aliphatic rings. The molecule has 0 aromatic carbocycles. The van der Waals surface area contributed by atoms with Crippen LogP contribution in [-0.2, 0) is 4.74 Å². The van der Waals surface area contributed by atoms with Crippen LogP contribution in [0.1, 0.15) is 35.0 Å². The SMILES string of the molecule is O=C(c1cc(C2CC2)on1)N1C[C@@H]2[C@@H](CNc3ccccn3)CO[C@@H]2C1. The summed E-state index contributed by atoms with van der Waals surface area (Å²) in [6.45, 7) is 2.88. The van der Waals surface area contributed by atoms with Crippen molar-refractivity contribution in [3.05, 3.63) is 41.9 Å². The van der Waals surface area contributed by atoms with Crippen molar-refractivity contribution in [3.63, 3.8) is 0 Å². The third-order valence-corrected chi connectivity index (χ3v) is 5.66. The lowest BCUT2D eigenvalue weighted by molar-refractivity contribution is 0.0671. The minimum atomic E-state index is -0.0462. The van der Waals surface area contributed by atoms with E-state index in [1.54, 1.807) is 6.20 Å². The van der Waals surface area contributed by atoms with Crippen LogP contribution in [0.25, 0.3) is 0 Å². The summed E-state index contributed by atoms with van der Waals surface area (Å²) in [7, 11) is 0. The standard InChI is InChI=1S/C19H22N4O3/c24-19(15-7-16(26-22-15)12-4-5-12)23-9-14-13(11-25-17(14)10-23)8-21-18-3-1-2-6-20-18/h1-3,6-7,12-14,17H,4-5,8-11H2,(H,20,21)/t13-,14+,17+/m0/s1. The maximum absolute atomic E-state index is 12.7. The van der Waals surface area contributed by atoms with Crippen LogP contribution in [0.3, 0.4) is 0 Å². The summed E-state index contributed by atoms with van der Waals surface area (Å²) >= 11 is 0. The molecule has 0 radical (unpaired) electrons. The number of nitrogens with zero attached hydrogens (tertiary/aromatic N) is 3. The number of hydrogen-bond acceptors (Lipinski definition) is 6. The molecule has 2 aromatic heterocycles. The molecular weight excluding hydrogens is 332 g/mol. The van der Waals surface area contributed by atoms with Crippen molar-refractivity contribution in [1.29, 1.82) is 0 Å². The zero-order chi connectivity index (χ0) is 17.5. The van der Waals surface area contributed by atoms with Crippen molar-refractivity contribution >= 4 is 11.7 Å². The molecule has 0 unspecified atom stereocenters. The number of hydrogen-bond donors (Lipinski definition) is 1. The van der Waals surface area contributed by atoms with Crippen LogP contribution in [0.15, 0.2) is 35.0 Å². The highest BCUT2D eigenvalue weighted by Crippen LogP contribution is 2.40. The molecule has 26 heavy (non-hydrogen) atoms. The Labute approximate surface area is 151 Å². The van der Waals surface area contributed by atoms with E-state index in [4.69, 9.17) is 9.26 Å². The molecule has 2 saturated heterocycles. The van der Waals surface area contributed by atoms with Gasteiger partial charge in [-0.05, 0) is 25.0 Å². The van der Waals surface area contributed by atoms with Crippen LogP contribution >= 0.6 is 0 Å². The van der Waals surface area contributed by atoms with Crippen molar-refractivity contribution in [3.8, 4) is 0 Å². The second-order valence-electron chi connectivity index (χ2n) is 7.49. The smallest absolute Gasteiger partial charge is 0.276 e. The van der Waals surface area contributed by atoms with Crippen molar-refractivity contribution < 1.29 is 14.1 Å². The topological polar surface area (TPSA) is 80.5 Å². The zero-order valence-corrected chi connectivity index (χ0v) is 14.5. The van der Waals surface area contributed by atoms with Gasteiger partial charge in [-0.25, -0.2) is 4.98 Å². The van der Waals surface area contributed by atoms with E-state index < -0.39 is 0 Å². The van der Waals surface area contributed by atoms with E-state index in [2.05, 4.69) is 15.5 Å². The highest BCUT2D eigenvalue weighted by atomic mass is 16.5. The number of carbonyl (C=O) groups excluding carboxylic acids is 1. The van der Waals surface area contributed by atoms with Crippen LogP contribution in [-0.4, -0.2) is 53.3 Å². The average Bonchev–Trinajstić information content (AvgIpc) is 3.09. The average molecular weight is 354 g/mol. The maximum atomic E-state index is 12.7. The van der Waals surface area contributed by atoms with Gasteiger partial charge in [-0.1, -0.05) is 11.2 Å². The van der Waals surface area contributed by atoms with Gasteiger partial charge in [-0.15, -0.1) is 0 Å². The highest BCUT2D eigenvalue weighted by molar-refractivity contribution is 5.92. The van der Waals surface area contributed by atoms with Gasteiger partial charge < -0.3 is 19.5 Å². The Kier molecular flexibility index (Phi) is 3.89. The molecule has 5 rings (SSSR count). The van der Waals surface area contributed by atoms with E-state index in [-0.39, 0.29) is 12.0 Å². The molecule has 7 heteroatoms. The molecule has 136 valence electrons. The lowest BCUT2D eigenvalue weighted by Crippen LogP contribution is -2.32. The predicted molar refractivity (Wildman–Crippen MR) is 93.8 cm³/mol. The Balaban J connectivity index is 1.21. The summed E-state index contributed by atoms with van der Waals surface area (Å²) in [5.74, 6) is 2.87. The number of nitrogens with one attached hydrogen (secondary N) is 1.